The zero-order valence-electron chi connectivity index (χ0n) is 11.3. The minimum atomic E-state index is 0.344. The molecule has 20 heavy (non-hydrogen) atoms. The van der Waals surface area contributed by atoms with Gasteiger partial charge in [0.15, 0.2) is 11.5 Å². The molecule has 3 aromatic rings. The Labute approximate surface area is 116 Å². The maximum absolute atomic E-state index is 5.75. The Morgan fingerprint density at radius 3 is 2.75 bits per heavy atom. The van der Waals surface area contributed by atoms with Crippen molar-refractivity contribution in [3.63, 3.8) is 0 Å². The summed E-state index contributed by atoms with van der Waals surface area (Å²) >= 11 is 0. The van der Waals surface area contributed by atoms with E-state index in [0.29, 0.717) is 17.0 Å². The number of nitrogens with zero attached hydrogens (tertiary/aromatic N) is 5. The number of benzene rings is 1. The van der Waals surface area contributed by atoms with Crippen LogP contribution in [0, 0.1) is 0 Å². The van der Waals surface area contributed by atoms with Gasteiger partial charge in [-0.2, -0.15) is 0 Å². The molecule has 100 valence electrons. The summed E-state index contributed by atoms with van der Waals surface area (Å²) in [5, 5.41) is 0. The van der Waals surface area contributed by atoms with Gasteiger partial charge in [-0.15, -0.1) is 0 Å². The maximum Gasteiger partial charge on any atom is 0.184 e. The molecule has 0 saturated carbocycles. The van der Waals surface area contributed by atoms with E-state index >= 15 is 0 Å². The molecule has 0 fully saturated rings. The molecule has 0 aliphatic carbocycles. The van der Waals surface area contributed by atoms with Gasteiger partial charge in [-0.1, -0.05) is 12.1 Å². The van der Waals surface area contributed by atoms with Crippen molar-refractivity contribution in [1.82, 2.24) is 19.9 Å². The average molecular weight is 266 g/mol. The number of nitrogens with two attached hydrogens (primary N) is 1. The minimum absolute atomic E-state index is 0.344. The van der Waals surface area contributed by atoms with Crippen molar-refractivity contribution in [2.45, 2.75) is 0 Å². The maximum atomic E-state index is 5.75. The summed E-state index contributed by atoms with van der Waals surface area (Å²) in [5.74, 6) is 0.344. The molecular formula is C14H14N6. The molecule has 2 heterocycles. The SMILES string of the molecule is CN(C)c1cccc(-c2cnc3c(N)ncnc3n2)c1. The fraction of sp³-hybridized carbons (Fsp3) is 0.143. The first-order chi connectivity index (χ1) is 9.65. The predicted molar refractivity (Wildman–Crippen MR) is 79.3 cm³/mol. The summed E-state index contributed by atoms with van der Waals surface area (Å²) in [6.07, 6.45) is 3.09. The van der Waals surface area contributed by atoms with Gasteiger partial charge in [-0.3, -0.25) is 0 Å². The molecule has 6 nitrogen and oxygen atoms in total. The number of hydrogen-bond donors (Lipinski definition) is 1. The molecule has 6 heteroatoms. The Morgan fingerprint density at radius 1 is 1.10 bits per heavy atom. The number of anilines is 2. The van der Waals surface area contributed by atoms with Crippen LogP contribution in [0.4, 0.5) is 11.5 Å². The van der Waals surface area contributed by atoms with Crippen LogP contribution < -0.4 is 10.6 Å². The van der Waals surface area contributed by atoms with Crippen molar-refractivity contribution in [3.8, 4) is 11.3 Å². The van der Waals surface area contributed by atoms with Gasteiger partial charge < -0.3 is 10.6 Å². The van der Waals surface area contributed by atoms with Gasteiger partial charge in [0.05, 0.1) is 11.9 Å². The van der Waals surface area contributed by atoms with Crippen LogP contribution in [-0.2, 0) is 0 Å². The van der Waals surface area contributed by atoms with Crippen molar-refractivity contribution in [1.29, 1.82) is 0 Å². The second-order valence-corrected chi connectivity index (χ2v) is 4.63. The fourth-order valence-electron chi connectivity index (χ4n) is 1.94. The van der Waals surface area contributed by atoms with Crippen LogP contribution in [0.3, 0.4) is 0 Å². The molecule has 0 bridgehead atoms. The van der Waals surface area contributed by atoms with Crippen molar-refractivity contribution in [3.05, 3.63) is 36.8 Å². The Kier molecular flexibility index (Phi) is 2.90. The zero-order valence-corrected chi connectivity index (χ0v) is 11.3. The lowest BCUT2D eigenvalue weighted by atomic mass is 10.1. The van der Waals surface area contributed by atoms with Crippen molar-refractivity contribution in [2.24, 2.45) is 0 Å². The first-order valence-electron chi connectivity index (χ1n) is 6.16. The van der Waals surface area contributed by atoms with Crippen LogP contribution in [0.15, 0.2) is 36.8 Å². The standard InChI is InChI=1S/C14H14N6/c1-20(2)10-5-3-4-9(6-10)11-7-16-12-13(15)17-8-18-14(12)19-11/h3-8H,1-2H3,(H2,15,17,18,19). The van der Waals surface area contributed by atoms with Gasteiger partial charge >= 0.3 is 0 Å². The summed E-state index contributed by atoms with van der Waals surface area (Å²) in [6.45, 7) is 0. The van der Waals surface area contributed by atoms with E-state index in [1.165, 1.54) is 6.33 Å². The minimum Gasteiger partial charge on any atom is -0.382 e. The highest BCUT2D eigenvalue weighted by Gasteiger charge is 2.07. The zero-order chi connectivity index (χ0) is 14.1. The summed E-state index contributed by atoms with van der Waals surface area (Å²) in [6, 6.07) is 8.08. The third-order valence-electron chi connectivity index (χ3n) is 3.03. The van der Waals surface area contributed by atoms with Crippen molar-refractivity contribution >= 4 is 22.7 Å². The summed E-state index contributed by atoms with van der Waals surface area (Å²) in [4.78, 5) is 18.9. The number of hydrogen-bond acceptors (Lipinski definition) is 6. The number of nitrogen functional groups attached to an aromatic ring is 1. The number of aromatic nitrogens is 4. The fourth-order valence-corrected chi connectivity index (χ4v) is 1.94. The van der Waals surface area contributed by atoms with E-state index in [2.05, 4.69) is 26.0 Å². The third-order valence-corrected chi connectivity index (χ3v) is 3.03. The summed E-state index contributed by atoms with van der Waals surface area (Å²) in [7, 11) is 4.00. The monoisotopic (exact) mass is 266 g/mol. The molecule has 0 aliphatic rings. The van der Waals surface area contributed by atoms with Crippen LogP contribution in [0.5, 0.6) is 0 Å². The molecule has 3 rings (SSSR count). The highest BCUT2D eigenvalue weighted by Crippen LogP contribution is 2.23. The van der Waals surface area contributed by atoms with Crippen LogP contribution >= 0.6 is 0 Å². The van der Waals surface area contributed by atoms with E-state index in [1.54, 1.807) is 6.20 Å². The molecule has 0 radical (unpaired) electrons. The lowest BCUT2D eigenvalue weighted by molar-refractivity contribution is 1.13. The molecule has 0 saturated heterocycles. The highest BCUT2D eigenvalue weighted by atomic mass is 15.1. The van der Waals surface area contributed by atoms with E-state index in [1.807, 2.05) is 37.2 Å². The van der Waals surface area contributed by atoms with Crippen LogP contribution in [0.1, 0.15) is 0 Å². The first kappa shape index (κ1) is 12.3. The van der Waals surface area contributed by atoms with Gasteiger partial charge in [0.25, 0.3) is 0 Å². The Bertz CT molecular complexity index is 768. The Balaban J connectivity index is 2.13. The van der Waals surface area contributed by atoms with Crippen molar-refractivity contribution < 1.29 is 0 Å². The van der Waals surface area contributed by atoms with E-state index in [9.17, 15) is 0 Å². The van der Waals surface area contributed by atoms with Gasteiger partial charge in [0.1, 0.15) is 11.8 Å². The molecule has 0 atom stereocenters. The quantitative estimate of drug-likeness (QED) is 0.761. The van der Waals surface area contributed by atoms with E-state index in [4.69, 9.17) is 5.73 Å². The number of rotatable bonds is 2. The van der Waals surface area contributed by atoms with Gasteiger partial charge in [-0.05, 0) is 12.1 Å². The Morgan fingerprint density at radius 2 is 1.95 bits per heavy atom. The third kappa shape index (κ3) is 2.11. The number of fused-ring (bicyclic) bond motifs is 1. The molecule has 0 spiro atoms. The molecule has 0 aliphatic heterocycles. The first-order valence-corrected chi connectivity index (χ1v) is 6.16. The van der Waals surface area contributed by atoms with Gasteiger partial charge in [0.2, 0.25) is 0 Å². The topological polar surface area (TPSA) is 80.8 Å². The Hall–Kier alpha value is -2.76. The van der Waals surface area contributed by atoms with Crippen molar-refractivity contribution in [2.75, 3.05) is 24.7 Å². The second kappa shape index (κ2) is 4.73. The van der Waals surface area contributed by atoms with Crippen LogP contribution in [-0.4, -0.2) is 34.0 Å². The van der Waals surface area contributed by atoms with E-state index in [-0.39, 0.29) is 0 Å². The van der Waals surface area contributed by atoms with E-state index in [0.717, 1.165) is 16.9 Å². The van der Waals surface area contributed by atoms with Gasteiger partial charge in [-0.25, -0.2) is 19.9 Å². The average Bonchev–Trinajstić information content (AvgIpc) is 2.47. The normalized spacial score (nSPS) is 10.7. The molecule has 1 aromatic carbocycles. The highest BCUT2D eigenvalue weighted by molar-refractivity contribution is 5.82. The molecule has 0 amide bonds. The lowest BCUT2D eigenvalue weighted by Gasteiger charge is -2.13. The smallest absolute Gasteiger partial charge is 0.184 e. The largest absolute Gasteiger partial charge is 0.382 e. The molecule has 0 unspecified atom stereocenters. The predicted octanol–water partition coefficient (Wildman–Crippen LogP) is 1.73. The summed E-state index contributed by atoms with van der Waals surface area (Å²) < 4.78 is 0. The van der Waals surface area contributed by atoms with Crippen LogP contribution in [0.2, 0.25) is 0 Å². The molecular weight excluding hydrogens is 252 g/mol. The van der Waals surface area contributed by atoms with Crippen LogP contribution in [0.25, 0.3) is 22.4 Å². The molecule has 2 N–H and O–H groups in total. The lowest BCUT2D eigenvalue weighted by Crippen LogP contribution is -2.08. The second-order valence-electron chi connectivity index (χ2n) is 4.63. The summed E-state index contributed by atoms with van der Waals surface area (Å²) in [5.41, 5.74) is 9.64. The van der Waals surface area contributed by atoms with Gasteiger partial charge in [0, 0.05) is 25.3 Å². The van der Waals surface area contributed by atoms with E-state index < -0.39 is 0 Å². The molecule has 2 aromatic heterocycles.